The number of piperidine rings is 1. The van der Waals surface area contributed by atoms with Crippen LogP contribution in [-0.2, 0) is 10.2 Å². The first kappa shape index (κ1) is 16.8. The number of carbonyl (C=O) groups excluding carboxylic acids is 1. The molecule has 1 amide bonds. The standard InChI is InChI=1S/C20H28N4O/c1-13-17(14(2)23-22-13)18(21)19(25)24-11-9-20(10-12-24)8-7-15-5-3-4-6-16(15)20/h3-8,13-14,17-18,22-23H,9-12,21H2,1-2H3. The van der Waals surface area contributed by atoms with Crippen molar-refractivity contribution in [1.82, 2.24) is 15.8 Å². The summed E-state index contributed by atoms with van der Waals surface area (Å²) in [6.45, 7) is 5.72. The molecule has 5 nitrogen and oxygen atoms in total. The molecule has 0 radical (unpaired) electrons. The van der Waals surface area contributed by atoms with E-state index in [0.717, 1.165) is 25.9 Å². The smallest absolute Gasteiger partial charge is 0.239 e. The third-order valence-electron chi connectivity index (χ3n) is 6.44. The minimum absolute atomic E-state index is 0.0966. The second-order valence-electron chi connectivity index (χ2n) is 7.87. The third kappa shape index (κ3) is 2.71. The first-order chi connectivity index (χ1) is 12.0. The lowest BCUT2D eigenvalue weighted by Gasteiger charge is -2.41. The topological polar surface area (TPSA) is 70.4 Å². The van der Waals surface area contributed by atoms with E-state index in [-0.39, 0.29) is 29.3 Å². The van der Waals surface area contributed by atoms with Crippen LogP contribution in [0.2, 0.25) is 0 Å². The average molecular weight is 340 g/mol. The SMILES string of the molecule is CC1NNC(C)C1C(N)C(=O)N1CCC2(C=Cc3ccccc32)CC1. The molecule has 2 saturated heterocycles. The van der Waals surface area contributed by atoms with Gasteiger partial charge in [0.1, 0.15) is 0 Å². The summed E-state index contributed by atoms with van der Waals surface area (Å²) in [5, 5.41) is 0. The number of rotatable bonds is 2. The highest BCUT2D eigenvalue weighted by Crippen LogP contribution is 2.43. The van der Waals surface area contributed by atoms with Crippen LogP contribution in [0.1, 0.15) is 37.8 Å². The number of nitrogens with zero attached hydrogens (tertiary/aromatic N) is 1. The predicted molar refractivity (Wildman–Crippen MR) is 99.6 cm³/mol. The van der Waals surface area contributed by atoms with Gasteiger partial charge in [0, 0.05) is 36.5 Å². The van der Waals surface area contributed by atoms with E-state index in [2.05, 4.69) is 61.1 Å². The number of hydrazine groups is 1. The molecular weight excluding hydrogens is 312 g/mol. The number of nitrogens with one attached hydrogen (secondary N) is 2. The Hall–Kier alpha value is -1.69. The maximum absolute atomic E-state index is 13.0. The Balaban J connectivity index is 1.44. The van der Waals surface area contributed by atoms with Crippen LogP contribution < -0.4 is 16.6 Å². The molecule has 2 fully saturated rings. The highest BCUT2D eigenvalue weighted by atomic mass is 16.2. The number of fused-ring (bicyclic) bond motifs is 2. The quantitative estimate of drug-likeness (QED) is 0.761. The molecule has 2 aliphatic heterocycles. The van der Waals surface area contributed by atoms with Gasteiger partial charge in [-0.05, 0) is 37.8 Å². The molecule has 25 heavy (non-hydrogen) atoms. The normalized spacial score (nSPS) is 31.3. The van der Waals surface area contributed by atoms with Crippen molar-refractivity contribution in [3.63, 3.8) is 0 Å². The van der Waals surface area contributed by atoms with Gasteiger partial charge in [-0.25, -0.2) is 0 Å². The Kier molecular flexibility index (Phi) is 4.18. The Morgan fingerprint density at radius 1 is 1.20 bits per heavy atom. The number of nitrogens with two attached hydrogens (primary N) is 1. The second-order valence-corrected chi connectivity index (χ2v) is 7.87. The summed E-state index contributed by atoms with van der Waals surface area (Å²) in [7, 11) is 0. The lowest BCUT2D eigenvalue weighted by Crippen LogP contribution is -2.55. The number of allylic oxidation sites excluding steroid dienone is 1. The molecule has 3 unspecified atom stereocenters. The minimum Gasteiger partial charge on any atom is -0.341 e. The van der Waals surface area contributed by atoms with Crippen molar-refractivity contribution in [1.29, 1.82) is 0 Å². The van der Waals surface area contributed by atoms with Crippen LogP contribution in [0.5, 0.6) is 0 Å². The summed E-state index contributed by atoms with van der Waals surface area (Å²) in [4.78, 5) is 14.9. The molecule has 4 N–H and O–H groups in total. The number of amides is 1. The number of carbonyl (C=O) groups is 1. The molecule has 5 heteroatoms. The van der Waals surface area contributed by atoms with Crippen molar-refractivity contribution < 1.29 is 4.79 Å². The summed E-state index contributed by atoms with van der Waals surface area (Å²) in [5.41, 5.74) is 15.6. The number of hydrogen-bond acceptors (Lipinski definition) is 4. The van der Waals surface area contributed by atoms with Gasteiger partial charge in [0.05, 0.1) is 6.04 Å². The van der Waals surface area contributed by atoms with E-state index in [1.54, 1.807) is 0 Å². The zero-order valence-corrected chi connectivity index (χ0v) is 15.0. The largest absolute Gasteiger partial charge is 0.341 e. The van der Waals surface area contributed by atoms with Gasteiger partial charge in [0.15, 0.2) is 0 Å². The van der Waals surface area contributed by atoms with E-state index in [0.29, 0.717) is 0 Å². The lowest BCUT2D eigenvalue weighted by atomic mass is 9.74. The van der Waals surface area contributed by atoms with E-state index in [4.69, 9.17) is 5.73 Å². The van der Waals surface area contributed by atoms with Crippen molar-refractivity contribution in [2.45, 2.75) is 50.2 Å². The molecule has 1 aliphatic carbocycles. The predicted octanol–water partition coefficient (Wildman–Crippen LogP) is 1.40. The molecule has 0 bridgehead atoms. The minimum atomic E-state index is -0.451. The zero-order chi connectivity index (χ0) is 17.6. The third-order valence-corrected chi connectivity index (χ3v) is 6.44. The van der Waals surface area contributed by atoms with Crippen molar-refractivity contribution in [3.8, 4) is 0 Å². The van der Waals surface area contributed by atoms with E-state index < -0.39 is 6.04 Å². The van der Waals surface area contributed by atoms with Gasteiger partial charge in [-0.15, -0.1) is 0 Å². The van der Waals surface area contributed by atoms with Crippen molar-refractivity contribution >= 4 is 12.0 Å². The Labute approximate surface area is 149 Å². The van der Waals surface area contributed by atoms with Crippen molar-refractivity contribution in [2.75, 3.05) is 13.1 Å². The van der Waals surface area contributed by atoms with E-state index in [9.17, 15) is 4.79 Å². The maximum atomic E-state index is 13.0. The van der Waals surface area contributed by atoms with Crippen molar-refractivity contribution in [3.05, 3.63) is 41.5 Å². The fraction of sp³-hybridized carbons (Fsp3) is 0.550. The average Bonchev–Trinajstić information content (AvgIpc) is 3.16. The Morgan fingerprint density at radius 2 is 1.84 bits per heavy atom. The zero-order valence-electron chi connectivity index (χ0n) is 15.0. The van der Waals surface area contributed by atoms with Gasteiger partial charge in [-0.1, -0.05) is 36.4 Å². The highest BCUT2D eigenvalue weighted by Gasteiger charge is 2.43. The highest BCUT2D eigenvalue weighted by molar-refractivity contribution is 5.82. The first-order valence-corrected chi connectivity index (χ1v) is 9.36. The maximum Gasteiger partial charge on any atom is 0.239 e. The van der Waals surface area contributed by atoms with E-state index in [1.165, 1.54) is 11.1 Å². The van der Waals surface area contributed by atoms with Gasteiger partial charge in [-0.2, -0.15) is 0 Å². The van der Waals surface area contributed by atoms with Gasteiger partial charge < -0.3 is 10.6 Å². The first-order valence-electron chi connectivity index (χ1n) is 9.36. The summed E-state index contributed by atoms with van der Waals surface area (Å²) < 4.78 is 0. The summed E-state index contributed by atoms with van der Waals surface area (Å²) in [6.07, 6.45) is 6.53. The molecule has 1 aromatic rings. The van der Waals surface area contributed by atoms with Crippen molar-refractivity contribution in [2.24, 2.45) is 11.7 Å². The number of benzene rings is 1. The van der Waals surface area contributed by atoms with Gasteiger partial charge in [0.2, 0.25) is 5.91 Å². The summed E-state index contributed by atoms with van der Waals surface area (Å²) >= 11 is 0. The van der Waals surface area contributed by atoms with Gasteiger partial charge in [0.25, 0.3) is 0 Å². The van der Waals surface area contributed by atoms with Gasteiger partial charge >= 0.3 is 0 Å². The Bertz CT molecular complexity index is 683. The second kappa shape index (κ2) is 6.24. The fourth-order valence-corrected chi connectivity index (χ4v) is 4.88. The molecule has 1 aromatic carbocycles. The van der Waals surface area contributed by atoms with E-state index in [1.807, 2.05) is 4.90 Å². The molecule has 1 spiro atoms. The molecule has 0 saturated carbocycles. The van der Waals surface area contributed by atoms with Gasteiger partial charge in [-0.3, -0.25) is 15.6 Å². The summed E-state index contributed by atoms with van der Waals surface area (Å²) in [6, 6.07) is 8.57. The van der Waals surface area contributed by atoms with Crippen LogP contribution >= 0.6 is 0 Å². The fourth-order valence-electron chi connectivity index (χ4n) is 4.88. The summed E-state index contributed by atoms with van der Waals surface area (Å²) in [5.74, 6) is 0.217. The number of hydrogen-bond donors (Lipinski definition) is 3. The van der Waals surface area contributed by atoms with Crippen LogP contribution in [0.3, 0.4) is 0 Å². The molecule has 4 rings (SSSR count). The van der Waals surface area contributed by atoms with Crippen LogP contribution in [0.25, 0.3) is 6.08 Å². The molecule has 134 valence electrons. The van der Waals surface area contributed by atoms with Crippen LogP contribution in [0, 0.1) is 5.92 Å². The lowest BCUT2D eigenvalue weighted by molar-refractivity contribution is -0.135. The van der Waals surface area contributed by atoms with Crippen LogP contribution in [0.15, 0.2) is 30.3 Å². The molecule has 2 heterocycles. The molecule has 0 aromatic heterocycles. The van der Waals surface area contributed by atoms with E-state index >= 15 is 0 Å². The van der Waals surface area contributed by atoms with Crippen LogP contribution in [-0.4, -0.2) is 42.0 Å². The Morgan fingerprint density at radius 3 is 2.52 bits per heavy atom. The number of likely N-dealkylation sites (tertiary alicyclic amines) is 1. The molecule has 3 atom stereocenters. The molecular formula is C20H28N4O. The van der Waals surface area contributed by atoms with Crippen LogP contribution in [0.4, 0.5) is 0 Å². The molecule has 3 aliphatic rings. The monoisotopic (exact) mass is 340 g/mol.